The smallest absolute Gasteiger partial charge is 0.231 e. The van der Waals surface area contributed by atoms with E-state index in [4.69, 9.17) is 9.47 Å². The average Bonchev–Trinajstić information content (AvgIpc) is 2.89. The highest BCUT2D eigenvalue weighted by atomic mass is 16.7. The SMILES string of the molecule is CN1CCCCC1CC(=O)Nc1ccc2c(c1)OCO2. The topological polar surface area (TPSA) is 50.8 Å². The van der Waals surface area contributed by atoms with Crippen LogP contribution in [0, 0.1) is 0 Å². The molecule has 1 atom stereocenters. The molecule has 3 rings (SSSR count). The number of carbonyl (C=O) groups is 1. The first kappa shape index (κ1) is 13.2. The number of piperidine rings is 1. The van der Waals surface area contributed by atoms with Gasteiger partial charge >= 0.3 is 0 Å². The first-order valence-corrected chi connectivity index (χ1v) is 7.12. The fourth-order valence-corrected chi connectivity index (χ4v) is 2.80. The van der Waals surface area contributed by atoms with Crippen molar-refractivity contribution in [3.8, 4) is 11.5 Å². The van der Waals surface area contributed by atoms with Gasteiger partial charge in [0, 0.05) is 24.2 Å². The van der Waals surface area contributed by atoms with E-state index < -0.39 is 0 Å². The molecule has 0 radical (unpaired) electrons. The fraction of sp³-hybridized carbons (Fsp3) is 0.533. The van der Waals surface area contributed by atoms with Crippen LogP contribution in [0.2, 0.25) is 0 Å². The third kappa shape index (κ3) is 2.88. The van der Waals surface area contributed by atoms with Gasteiger partial charge in [0.2, 0.25) is 12.7 Å². The summed E-state index contributed by atoms with van der Waals surface area (Å²) in [7, 11) is 2.09. The van der Waals surface area contributed by atoms with E-state index in [0.717, 1.165) is 24.4 Å². The van der Waals surface area contributed by atoms with Crippen LogP contribution in [0.25, 0.3) is 0 Å². The van der Waals surface area contributed by atoms with Crippen molar-refractivity contribution in [1.82, 2.24) is 4.90 Å². The van der Waals surface area contributed by atoms with Crippen molar-refractivity contribution in [3.05, 3.63) is 18.2 Å². The molecule has 5 heteroatoms. The number of hydrogen-bond acceptors (Lipinski definition) is 4. The molecule has 1 saturated heterocycles. The minimum atomic E-state index is 0.0580. The number of hydrogen-bond donors (Lipinski definition) is 1. The monoisotopic (exact) mass is 276 g/mol. The van der Waals surface area contributed by atoms with E-state index in [1.54, 1.807) is 0 Å². The van der Waals surface area contributed by atoms with Gasteiger partial charge in [0.05, 0.1) is 0 Å². The maximum atomic E-state index is 12.1. The van der Waals surface area contributed by atoms with Crippen LogP contribution in [0.4, 0.5) is 5.69 Å². The van der Waals surface area contributed by atoms with E-state index >= 15 is 0 Å². The maximum Gasteiger partial charge on any atom is 0.231 e. The van der Waals surface area contributed by atoms with Crippen molar-refractivity contribution in [1.29, 1.82) is 0 Å². The Morgan fingerprint density at radius 2 is 2.20 bits per heavy atom. The summed E-state index contributed by atoms with van der Waals surface area (Å²) in [6.45, 7) is 1.33. The average molecular weight is 276 g/mol. The second-order valence-electron chi connectivity index (χ2n) is 5.45. The minimum Gasteiger partial charge on any atom is -0.454 e. The predicted molar refractivity (Wildman–Crippen MR) is 76.1 cm³/mol. The van der Waals surface area contributed by atoms with Crippen LogP contribution in [-0.2, 0) is 4.79 Å². The van der Waals surface area contributed by atoms with Gasteiger partial charge in [0.1, 0.15) is 0 Å². The summed E-state index contributed by atoms with van der Waals surface area (Å²) in [6.07, 6.45) is 4.10. The van der Waals surface area contributed by atoms with E-state index in [-0.39, 0.29) is 12.7 Å². The number of ether oxygens (including phenoxy) is 2. The predicted octanol–water partition coefficient (Wildman–Crippen LogP) is 2.23. The van der Waals surface area contributed by atoms with Gasteiger partial charge in [-0.05, 0) is 38.6 Å². The molecule has 1 amide bonds. The molecule has 1 aromatic rings. The molecule has 1 fully saturated rings. The van der Waals surface area contributed by atoms with Gasteiger partial charge in [-0.3, -0.25) is 4.79 Å². The zero-order chi connectivity index (χ0) is 13.9. The zero-order valence-electron chi connectivity index (χ0n) is 11.7. The Morgan fingerprint density at radius 3 is 3.05 bits per heavy atom. The van der Waals surface area contributed by atoms with Crippen molar-refractivity contribution < 1.29 is 14.3 Å². The normalized spacial score (nSPS) is 21.8. The largest absolute Gasteiger partial charge is 0.454 e. The number of rotatable bonds is 3. The van der Waals surface area contributed by atoms with Crippen LogP contribution < -0.4 is 14.8 Å². The number of likely N-dealkylation sites (tertiary alicyclic amines) is 1. The highest BCUT2D eigenvalue weighted by molar-refractivity contribution is 5.91. The Hall–Kier alpha value is -1.75. The van der Waals surface area contributed by atoms with Crippen LogP contribution in [0.5, 0.6) is 11.5 Å². The summed E-state index contributed by atoms with van der Waals surface area (Å²) in [5.41, 5.74) is 0.762. The van der Waals surface area contributed by atoms with Crippen LogP contribution >= 0.6 is 0 Å². The molecule has 2 heterocycles. The third-order valence-corrected chi connectivity index (χ3v) is 4.00. The minimum absolute atomic E-state index is 0.0580. The van der Waals surface area contributed by atoms with Crippen LogP contribution in [0.15, 0.2) is 18.2 Å². The molecule has 2 aliphatic heterocycles. The maximum absolute atomic E-state index is 12.1. The van der Waals surface area contributed by atoms with Gasteiger partial charge in [-0.2, -0.15) is 0 Å². The first-order valence-electron chi connectivity index (χ1n) is 7.12. The highest BCUT2D eigenvalue weighted by Crippen LogP contribution is 2.34. The lowest BCUT2D eigenvalue weighted by molar-refractivity contribution is -0.117. The molecule has 0 saturated carbocycles. The van der Waals surface area contributed by atoms with Crippen LogP contribution in [-0.4, -0.2) is 37.2 Å². The van der Waals surface area contributed by atoms with E-state index in [9.17, 15) is 4.79 Å². The molecule has 5 nitrogen and oxygen atoms in total. The number of benzene rings is 1. The molecule has 108 valence electrons. The van der Waals surface area contributed by atoms with E-state index in [1.165, 1.54) is 12.8 Å². The summed E-state index contributed by atoms with van der Waals surface area (Å²) in [4.78, 5) is 14.4. The summed E-state index contributed by atoms with van der Waals surface area (Å²) >= 11 is 0. The Labute approximate surface area is 118 Å². The Balaban J connectivity index is 1.58. The molecule has 1 aromatic carbocycles. The quantitative estimate of drug-likeness (QED) is 0.919. The lowest BCUT2D eigenvalue weighted by atomic mass is 10.00. The Kier molecular flexibility index (Phi) is 3.78. The summed E-state index contributed by atoms with van der Waals surface area (Å²) < 4.78 is 10.6. The van der Waals surface area contributed by atoms with E-state index in [0.29, 0.717) is 18.2 Å². The van der Waals surface area contributed by atoms with E-state index in [2.05, 4.69) is 17.3 Å². The molecule has 0 aromatic heterocycles. The molecular weight excluding hydrogens is 256 g/mol. The number of anilines is 1. The van der Waals surface area contributed by atoms with Crippen molar-refractivity contribution in [2.45, 2.75) is 31.7 Å². The van der Waals surface area contributed by atoms with Gasteiger partial charge in [0.15, 0.2) is 11.5 Å². The van der Waals surface area contributed by atoms with E-state index in [1.807, 2.05) is 18.2 Å². The summed E-state index contributed by atoms with van der Waals surface area (Å²) in [6, 6.07) is 5.84. The number of nitrogens with one attached hydrogen (secondary N) is 1. The standard InChI is InChI=1S/C15H20N2O3/c1-17-7-3-2-4-12(17)9-15(18)16-11-5-6-13-14(8-11)20-10-19-13/h5-6,8,12H,2-4,7,9-10H2,1H3,(H,16,18). The molecule has 0 bridgehead atoms. The lowest BCUT2D eigenvalue weighted by Crippen LogP contribution is -2.38. The van der Waals surface area contributed by atoms with Crippen molar-refractivity contribution in [2.24, 2.45) is 0 Å². The third-order valence-electron chi connectivity index (χ3n) is 4.00. The first-order chi connectivity index (χ1) is 9.72. The van der Waals surface area contributed by atoms with Gasteiger partial charge < -0.3 is 19.7 Å². The van der Waals surface area contributed by atoms with Crippen molar-refractivity contribution >= 4 is 11.6 Å². The molecule has 1 unspecified atom stereocenters. The molecule has 20 heavy (non-hydrogen) atoms. The second-order valence-corrected chi connectivity index (χ2v) is 5.45. The highest BCUT2D eigenvalue weighted by Gasteiger charge is 2.22. The number of nitrogens with zero attached hydrogens (tertiary/aromatic N) is 1. The Morgan fingerprint density at radius 1 is 1.35 bits per heavy atom. The number of carbonyl (C=O) groups excluding carboxylic acids is 1. The number of fused-ring (bicyclic) bond motifs is 1. The number of amides is 1. The fourth-order valence-electron chi connectivity index (χ4n) is 2.80. The van der Waals surface area contributed by atoms with Gasteiger partial charge in [0.25, 0.3) is 0 Å². The second kappa shape index (κ2) is 5.71. The summed E-state index contributed by atoms with van der Waals surface area (Å²) in [5.74, 6) is 1.48. The van der Waals surface area contributed by atoms with Crippen molar-refractivity contribution in [3.63, 3.8) is 0 Å². The molecule has 0 spiro atoms. The lowest BCUT2D eigenvalue weighted by Gasteiger charge is -2.31. The Bertz CT molecular complexity index is 504. The van der Waals surface area contributed by atoms with Gasteiger partial charge in [-0.15, -0.1) is 0 Å². The molecule has 0 aliphatic carbocycles. The summed E-state index contributed by atoms with van der Waals surface area (Å²) in [5, 5.41) is 2.94. The zero-order valence-corrected chi connectivity index (χ0v) is 11.7. The molecule has 2 aliphatic rings. The van der Waals surface area contributed by atoms with Crippen molar-refractivity contribution in [2.75, 3.05) is 25.7 Å². The van der Waals surface area contributed by atoms with Gasteiger partial charge in [-0.1, -0.05) is 6.42 Å². The van der Waals surface area contributed by atoms with Crippen LogP contribution in [0.3, 0.4) is 0 Å². The van der Waals surface area contributed by atoms with Gasteiger partial charge in [-0.25, -0.2) is 0 Å². The molecular formula is C15H20N2O3. The molecule has 1 N–H and O–H groups in total. The van der Waals surface area contributed by atoms with Crippen LogP contribution in [0.1, 0.15) is 25.7 Å².